The molecule has 0 amide bonds. The van der Waals surface area contributed by atoms with Crippen molar-refractivity contribution in [3.05, 3.63) is 82.2 Å². The molecular weight excluding hydrogens is 442 g/mol. The van der Waals surface area contributed by atoms with E-state index in [1.54, 1.807) is 0 Å². The van der Waals surface area contributed by atoms with Crippen molar-refractivity contribution in [1.29, 1.82) is 0 Å². The van der Waals surface area contributed by atoms with Gasteiger partial charge in [-0.15, -0.1) is 0 Å². The van der Waals surface area contributed by atoms with E-state index in [1.807, 2.05) is 43.3 Å². The Morgan fingerprint density at radius 3 is 2.54 bits per heavy atom. The second-order valence-electron chi connectivity index (χ2n) is 9.85. The van der Waals surface area contributed by atoms with Crippen LogP contribution in [-0.2, 0) is 14.3 Å². The molecule has 2 aromatic rings. The van der Waals surface area contributed by atoms with Crippen molar-refractivity contribution in [3.8, 4) is 11.5 Å². The topological polar surface area (TPSA) is 73.9 Å². The molecule has 6 nitrogen and oxygen atoms in total. The molecule has 2 heterocycles. The van der Waals surface area contributed by atoms with Crippen LogP contribution in [0.2, 0.25) is 0 Å². The zero-order valence-electron chi connectivity index (χ0n) is 19.8. The number of dihydropyridines is 1. The normalized spacial score (nSPS) is 23.9. The van der Waals surface area contributed by atoms with E-state index in [1.165, 1.54) is 0 Å². The van der Waals surface area contributed by atoms with Gasteiger partial charge in [0.15, 0.2) is 17.3 Å². The molecule has 2 atom stereocenters. The van der Waals surface area contributed by atoms with Gasteiger partial charge in [-0.25, -0.2) is 4.79 Å². The molecule has 1 N–H and O–H groups in total. The van der Waals surface area contributed by atoms with Gasteiger partial charge in [0.2, 0.25) is 6.79 Å². The Morgan fingerprint density at radius 2 is 1.74 bits per heavy atom. The quantitative estimate of drug-likeness (QED) is 0.613. The first-order chi connectivity index (χ1) is 17.1. The van der Waals surface area contributed by atoms with Crippen LogP contribution in [0.4, 0.5) is 0 Å². The maximum absolute atomic E-state index is 13.7. The molecule has 4 aliphatic rings. The van der Waals surface area contributed by atoms with Crippen LogP contribution in [0, 0.1) is 0 Å². The predicted molar refractivity (Wildman–Crippen MR) is 130 cm³/mol. The fraction of sp³-hybridized carbons (Fsp3) is 0.379. The number of ketones is 1. The van der Waals surface area contributed by atoms with Crippen LogP contribution in [-0.4, -0.2) is 24.6 Å². The minimum atomic E-state index is -0.501. The molecule has 0 saturated heterocycles. The van der Waals surface area contributed by atoms with Gasteiger partial charge in [-0.3, -0.25) is 4.79 Å². The highest BCUT2D eigenvalue weighted by molar-refractivity contribution is 6.04. The molecule has 180 valence electrons. The lowest BCUT2D eigenvalue weighted by molar-refractivity contribution is -0.144. The monoisotopic (exact) mass is 471 g/mol. The number of allylic oxidation sites excluding steroid dienone is 3. The van der Waals surface area contributed by atoms with Gasteiger partial charge < -0.3 is 19.5 Å². The van der Waals surface area contributed by atoms with E-state index in [0.29, 0.717) is 35.5 Å². The summed E-state index contributed by atoms with van der Waals surface area (Å²) in [6.07, 6.45) is 5.02. The Hall–Kier alpha value is -3.54. The third kappa shape index (κ3) is 4.01. The van der Waals surface area contributed by atoms with Crippen LogP contribution < -0.4 is 14.8 Å². The Morgan fingerprint density at radius 1 is 0.971 bits per heavy atom. The number of nitrogens with one attached hydrogen (secondary N) is 1. The molecule has 35 heavy (non-hydrogen) atoms. The predicted octanol–water partition coefficient (Wildman–Crippen LogP) is 5.26. The summed E-state index contributed by atoms with van der Waals surface area (Å²) < 4.78 is 17.1. The minimum absolute atomic E-state index is 0.0555. The van der Waals surface area contributed by atoms with Gasteiger partial charge in [0.05, 0.1) is 5.57 Å². The first-order valence-corrected chi connectivity index (χ1v) is 12.5. The van der Waals surface area contributed by atoms with Crippen molar-refractivity contribution >= 4 is 11.8 Å². The second-order valence-corrected chi connectivity index (χ2v) is 9.85. The third-order valence-electron chi connectivity index (χ3n) is 7.62. The standard InChI is InChI=1S/C29H29NO5/c1-17-26(29(32)35-21-9-5-6-10-21)27(19-11-12-24-25(15-19)34-16-33-24)28-22(30-17)13-20(14-23(28)31)18-7-3-2-4-8-18/h2-4,7-8,11-12,15,20-21,27,30H,5-6,9-10,13-14,16H2,1H3. The molecule has 0 radical (unpaired) electrons. The molecule has 2 aliphatic carbocycles. The van der Waals surface area contributed by atoms with E-state index in [-0.39, 0.29) is 30.6 Å². The lowest BCUT2D eigenvalue weighted by Gasteiger charge is -2.37. The molecule has 2 aliphatic heterocycles. The molecule has 6 rings (SSSR count). The van der Waals surface area contributed by atoms with Gasteiger partial charge in [0, 0.05) is 29.3 Å². The van der Waals surface area contributed by atoms with Crippen LogP contribution in [0.25, 0.3) is 0 Å². The summed E-state index contributed by atoms with van der Waals surface area (Å²) in [6, 6.07) is 15.9. The number of esters is 1. The van der Waals surface area contributed by atoms with E-state index in [0.717, 1.165) is 48.2 Å². The van der Waals surface area contributed by atoms with Gasteiger partial charge in [0.25, 0.3) is 0 Å². The summed E-state index contributed by atoms with van der Waals surface area (Å²) in [6.45, 7) is 2.08. The lowest BCUT2D eigenvalue weighted by atomic mass is 9.71. The van der Waals surface area contributed by atoms with Gasteiger partial charge in [-0.2, -0.15) is 0 Å². The van der Waals surface area contributed by atoms with E-state index < -0.39 is 5.92 Å². The van der Waals surface area contributed by atoms with Gasteiger partial charge in [-0.1, -0.05) is 36.4 Å². The largest absolute Gasteiger partial charge is 0.459 e. The summed E-state index contributed by atoms with van der Waals surface area (Å²) in [5.74, 6) is 0.635. The zero-order valence-corrected chi connectivity index (χ0v) is 19.8. The van der Waals surface area contributed by atoms with Crippen molar-refractivity contribution in [2.75, 3.05) is 6.79 Å². The fourth-order valence-electron chi connectivity index (χ4n) is 5.92. The van der Waals surface area contributed by atoms with Crippen molar-refractivity contribution in [2.24, 2.45) is 0 Å². The third-order valence-corrected chi connectivity index (χ3v) is 7.62. The Kier molecular flexibility index (Phi) is 5.59. The number of Topliss-reactive ketones (excluding diaryl/α,β-unsaturated/α-hetero) is 1. The minimum Gasteiger partial charge on any atom is -0.459 e. The smallest absolute Gasteiger partial charge is 0.337 e. The van der Waals surface area contributed by atoms with Crippen molar-refractivity contribution in [3.63, 3.8) is 0 Å². The van der Waals surface area contributed by atoms with Crippen LogP contribution in [0.5, 0.6) is 11.5 Å². The maximum atomic E-state index is 13.7. The Balaban J connectivity index is 1.41. The van der Waals surface area contributed by atoms with Crippen LogP contribution in [0.3, 0.4) is 0 Å². The molecule has 2 unspecified atom stereocenters. The number of fused-ring (bicyclic) bond motifs is 1. The molecular formula is C29H29NO5. The highest BCUT2D eigenvalue weighted by Crippen LogP contribution is 2.47. The van der Waals surface area contributed by atoms with Crippen LogP contribution >= 0.6 is 0 Å². The number of hydrogen-bond donors (Lipinski definition) is 1. The number of carbonyl (C=O) groups is 2. The summed E-state index contributed by atoms with van der Waals surface area (Å²) >= 11 is 0. The number of rotatable bonds is 4. The first kappa shape index (κ1) is 22.0. The summed E-state index contributed by atoms with van der Waals surface area (Å²) in [4.78, 5) is 27.3. The van der Waals surface area contributed by atoms with Crippen LogP contribution in [0.15, 0.2) is 71.1 Å². The summed E-state index contributed by atoms with van der Waals surface area (Å²) in [5.41, 5.74) is 4.82. The lowest BCUT2D eigenvalue weighted by Crippen LogP contribution is -2.36. The highest BCUT2D eigenvalue weighted by atomic mass is 16.7. The van der Waals surface area contributed by atoms with E-state index >= 15 is 0 Å². The molecule has 0 aromatic heterocycles. The maximum Gasteiger partial charge on any atom is 0.337 e. The summed E-state index contributed by atoms with van der Waals surface area (Å²) in [5, 5.41) is 3.44. The molecule has 0 bridgehead atoms. The summed E-state index contributed by atoms with van der Waals surface area (Å²) in [7, 11) is 0. The molecule has 0 spiro atoms. The van der Waals surface area contributed by atoms with Gasteiger partial charge >= 0.3 is 5.97 Å². The second kappa shape index (κ2) is 8.91. The molecule has 2 aromatic carbocycles. The van der Waals surface area contributed by atoms with Crippen molar-refractivity contribution in [1.82, 2.24) is 5.32 Å². The van der Waals surface area contributed by atoms with Crippen LogP contribution in [0.1, 0.15) is 68.4 Å². The highest BCUT2D eigenvalue weighted by Gasteiger charge is 2.42. The van der Waals surface area contributed by atoms with E-state index in [2.05, 4.69) is 17.4 Å². The number of benzene rings is 2. The Bertz CT molecular complexity index is 1240. The molecule has 6 heteroatoms. The van der Waals surface area contributed by atoms with Gasteiger partial charge in [0.1, 0.15) is 6.10 Å². The SMILES string of the molecule is CC1=C(C(=O)OC2CCCC2)C(c2ccc3c(c2)OCO3)C2=C(CC(c3ccccc3)CC2=O)N1. The van der Waals surface area contributed by atoms with E-state index in [9.17, 15) is 9.59 Å². The zero-order chi connectivity index (χ0) is 23.9. The first-order valence-electron chi connectivity index (χ1n) is 12.5. The number of carbonyl (C=O) groups excluding carboxylic acids is 2. The molecule has 1 saturated carbocycles. The fourth-order valence-corrected chi connectivity index (χ4v) is 5.92. The Labute approximate surface area is 205 Å². The average molecular weight is 472 g/mol. The number of ether oxygens (including phenoxy) is 3. The van der Waals surface area contributed by atoms with Gasteiger partial charge in [-0.05, 0) is 68.2 Å². The number of hydrogen-bond acceptors (Lipinski definition) is 6. The average Bonchev–Trinajstić information content (AvgIpc) is 3.55. The van der Waals surface area contributed by atoms with Crippen molar-refractivity contribution < 1.29 is 23.8 Å². The van der Waals surface area contributed by atoms with Crippen molar-refractivity contribution in [2.45, 2.75) is 63.4 Å². The van der Waals surface area contributed by atoms with E-state index in [4.69, 9.17) is 14.2 Å². The molecule has 1 fully saturated rings.